The molecule has 0 spiro atoms. The summed E-state index contributed by atoms with van der Waals surface area (Å²) in [4.78, 5) is 32.8. The number of rotatable bonds is 7. The molecule has 0 aliphatic rings. The van der Waals surface area contributed by atoms with Crippen LogP contribution < -0.4 is 10.1 Å². The van der Waals surface area contributed by atoms with Crippen LogP contribution in [-0.4, -0.2) is 40.7 Å². The number of aliphatic carboxylic acids is 2. The molecule has 9 heteroatoms. The average molecular weight is 336 g/mol. The van der Waals surface area contributed by atoms with E-state index < -0.39 is 36.9 Å². The highest BCUT2D eigenvalue weighted by Crippen LogP contribution is 2.27. The lowest BCUT2D eigenvalue weighted by Gasteiger charge is -2.13. The van der Waals surface area contributed by atoms with E-state index in [0.717, 1.165) is 0 Å². The van der Waals surface area contributed by atoms with Gasteiger partial charge in [-0.2, -0.15) is 0 Å². The van der Waals surface area contributed by atoms with E-state index in [1.807, 2.05) is 5.32 Å². The summed E-state index contributed by atoms with van der Waals surface area (Å²) < 4.78 is 5.10. The fraction of sp³-hybridized carbons (Fsp3) is 0.250. The van der Waals surface area contributed by atoms with E-state index in [2.05, 4.69) is 0 Å². The minimum absolute atomic E-state index is 0.190. The third kappa shape index (κ3) is 5.88. The topological polar surface area (TPSA) is 113 Å². The predicted octanol–water partition coefficient (Wildman–Crippen LogP) is 1.42. The van der Waals surface area contributed by atoms with Crippen LogP contribution in [0.5, 0.6) is 5.75 Å². The van der Waals surface area contributed by atoms with E-state index in [1.54, 1.807) is 0 Å². The summed E-state index contributed by atoms with van der Waals surface area (Å²) in [5.74, 6) is -3.38. The smallest absolute Gasteiger partial charge is 0.326 e. The summed E-state index contributed by atoms with van der Waals surface area (Å²) in [5, 5.41) is 19.9. The molecule has 0 radical (unpaired) electrons. The third-order valence-corrected chi connectivity index (χ3v) is 2.80. The van der Waals surface area contributed by atoms with Crippen molar-refractivity contribution in [2.24, 2.45) is 0 Å². The zero-order valence-electron chi connectivity index (χ0n) is 10.5. The van der Waals surface area contributed by atoms with Crippen LogP contribution in [0.4, 0.5) is 0 Å². The van der Waals surface area contributed by atoms with Crippen LogP contribution in [0.2, 0.25) is 10.0 Å². The zero-order chi connectivity index (χ0) is 16.0. The Labute approximate surface area is 129 Å². The van der Waals surface area contributed by atoms with Crippen LogP contribution in [0.25, 0.3) is 0 Å². The highest BCUT2D eigenvalue weighted by molar-refractivity contribution is 6.35. The molecule has 1 amide bonds. The van der Waals surface area contributed by atoms with Crippen molar-refractivity contribution < 1.29 is 29.3 Å². The van der Waals surface area contributed by atoms with Crippen molar-refractivity contribution in [2.45, 2.75) is 12.5 Å². The summed E-state index contributed by atoms with van der Waals surface area (Å²) in [6, 6.07) is 2.84. The second kappa shape index (κ2) is 7.70. The monoisotopic (exact) mass is 335 g/mol. The Hall–Kier alpha value is -1.99. The number of benzene rings is 1. The number of nitrogens with one attached hydrogen (secondary N) is 1. The van der Waals surface area contributed by atoms with Gasteiger partial charge in [0.1, 0.15) is 11.8 Å². The van der Waals surface area contributed by atoms with E-state index in [1.165, 1.54) is 18.2 Å². The summed E-state index contributed by atoms with van der Waals surface area (Å²) >= 11 is 11.5. The van der Waals surface area contributed by atoms with E-state index in [0.29, 0.717) is 5.02 Å². The molecule has 0 unspecified atom stereocenters. The zero-order valence-corrected chi connectivity index (χ0v) is 12.0. The van der Waals surface area contributed by atoms with Gasteiger partial charge in [0.15, 0.2) is 6.61 Å². The minimum atomic E-state index is -1.53. The van der Waals surface area contributed by atoms with Gasteiger partial charge < -0.3 is 20.3 Å². The molecule has 21 heavy (non-hydrogen) atoms. The molecule has 0 aliphatic carbocycles. The fourth-order valence-corrected chi connectivity index (χ4v) is 1.81. The Bertz CT molecular complexity index is 563. The van der Waals surface area contributed by atoms with Gasteiger partial charge in [0, 0.05) is 5.02 Å². The fourth-order valence-electron chi connectivity index (χ4n) is 1.35. The third-order valence-electron chi connectivity index (χ3n) is 2.26. The van der Waals surface area contributed by atoms with E-state index in [4.69, 9.17) is 38.2 Å². The lowest BCUT2D eigenvalue weighted by molar-refractivity contribution is -0.147. The van der Waals surface area contributed by atoms with Crippen LogP contribution in [0.15, 0.2) is 18.2 Å². The molecule has 114 valence electrons. The number of hydrogen-bond donors (Lipinski definition) is 3. The molecular formula is C12H11Cl2NO6. The van der Waals surface area contributed by atoms with E-state index in [-0.39, 0.29) is 10.8 Å². The summed E-state index contributed by atoms with van der Waals surface area (Å²) in [6.45, 7) is -0.509. The molecule has 0 aromatic heterocycles. The maximum atomic E-state index is 11.5. The summed E-state index contributed by atoms with van der Waals surface area (Å²) in [6.07, 6.45) is -0.733. The number of halogens is 2. The first kappa shape index (κ1) is 17.1. The standard InChI is InChI=1S/C12H11Cl2NO6/c13-6-1-2-9(7(14)3-6)21-5-10(16)15-8(12(19)20)4-11(17)18/h1-3,8H,4-5H2,(H,15,16)(H,17,18)(H,19,20)/t8-/m1/s1. The highest BCUT2D eigenvalue weighted by atomic mass is 35.5. The Kier molecular flexibility index (Phi) is 6.26. The molecule has 1 aromatic carbocycles. The Morgan fingerprint density at radius 1 is 1.24 bits per heavy atom. The molecular weight excluding hydrogens is 325 g/mol. The SMILES string of the molecule is O=C(O)C[C@@H](NC(=O)COc1ccc(Cl)cc1Cl)C(=O)O. The molecule has 0 heterocycles. The average Bonchev–Trinajstić information content (AvgIpc) is 2.36. The Balaban J connectivity index is 2.56. The number of hydrogen-bond acceptors (Lipinski definition) is 4. The molecule has 3 N–H and O–H groups in total. The Morgan fingerprint density at radius 2 is 1.90 bits per heavy atom. The van der Waals surface area contributed by atoms with Gasteiger partial charge in [0.2, 0.25) is 0 Å². The van der Waals surface area contributed by atoms with Gasteiger partial charge in [-0.3, -0.25) is 9.59 Å². The van der Waals surface area contributed by atoms with Crippen molar-refractivity contribution in [3.05, 3.63) is 28.2 Å². The number of ether oxygens (including phenoxy) is 1. The first-order valence-corrected chi connectivity index (χ1v) is 6.37. The number of carboxylic acid groups (broad SMARTS) is 2. The largest absolute Gasteiger partial charge is 0.482 e. The van der Waals surface area contributed by atoms with Gasteiger partial charge in [-0.1, -0.05) is 23.2 Å². The van der Waals surface area contributed by atoms with Crippen molar-refractivity contribution in [3.8, 4) is 5.75 Å². The Morgan fingerprint density at radius 3 is 2.43 bits per heavy atom. The molecule has 0 fully saturated rings. The van der Waals surface area contributed by atoms with Crippen molar-refractivity contribution in [1.29, 1.82) is 0 Å². The van der Waals surface area contributed by atoms with Crippen molar-refractivity contribution in [2.75, 3.05) is 6.61 Å². The van der Waals surface area contributed by atoms with Gasteiger partial charge >= 0.3 is 11.9 Å². The summed E-state index contributed by atoms with van der Waals surface area (Å²) in [5.41, 5.74) is 0. The number of carboxylic acids is 2. The van der Waals surface area contributed by atoms with Crippen LogP contribution in [0.1, 0.15) is 6.42 Å². The number of carbonyl (C=O) groups is 3. The van der Waals surface area contributed by atoms with Crippen molar-refractivity contribution >= 4 is 41.0 Å². The van der Waals surface area contributed by atoms with Crippen molar-refractivity contribution in [3.63, 3.8) is 0 Å². The lowest BCUT2D eigenvalue weighted by Crippen LogP contribution is -2.44. The van der Waals surface area contributed by atoms with Crippen LogP contribution in [0, 0.1) is 0 Å². The first-order valence-electron chi connectivity index (χ1n) is 5.61. The molecule has 1 rings (SSSR count). The van der Waals surface area contributed by atoms with E-state index in [9.17, 15) is 14.4 Å². The second-order valence-corrected chi connectivity index (χ2v) is 4.76. The van der Waals surface area contributed by atoms with Crippen LogP contribution in [-0.2, 0) is 14.4 Å². The molecule has 0 saturated heterocycles. The quantitative estimate of drug-likeness (QED) is 0.694. The van der Waals surface area contributed by atoms with Gasteiger partial charge in [-0.15, -0.1) is 0 Å². The maximum absolute atomic E-state index is 11.5. The van der Waals surface area contributed by atoms with Gasteiger partial charge in [0.05, 0.1) is 11.4 Å². The van der Waals surface area contributed by atoms with Crippen molar-refractivity contribution in [1.82, 2.24) is 5.32 Å². The van der Waals surface area contributed by atoms with Gasteiger partial charge in [-0.05, 0) is 18.2 Å². The van der Waals surface area contributed by atoms with E-state index >= 15 is 0 Å². The minimum Gasteiger partial charge on any atom is -0.482 e. The molecule has 0 bridgehead atoms. The summed E-state index contributed by atoms with van der Waals surface area (Å²) in [7, 11) is 0. The first-order chi connectivity index (χ1) is 9.79. The molecule has 1 aromatic rings. The maximum Gasteiger partial charge on any atom is 0.326 e. The number of carbonyl (C=O) groups excluding carboxylic acids is 1. The van der Waals surface area contributed by atoms with Crippen LogP contribution >= 0.6 is 23.2 Å². The van der Waals surface area contributed by atoms with Gasteiger partial charge in [-0.25, -0.2) is 4.79 Å². The van der Waals surface area contributed by atoms with Crippen LogP contribution in [0.3, 0.4) is 0 Å². The lowest BCUT2D eigenvalue weighted by atomic mass is 10.2. The van der Waals surface area contributed by atoms with Gasteiger partial charge in [0.25, 0.3) is 5.91 Å². The normalized spacial score (nSPS) is 11.5. The number of amides is 1. The second-order valence-electron chi connectivity index (χ2n) is 3.92. The molecule has 0 aliphatic heterocycles. The molecule has 0 saturated carbocycles. The molecule has 7 nitrogen and oxygen atoms in total. The highest BCUT2D eigenvalue weighted by Gasteiger charge is 2.23. The molecule has 1 atom stereocenters. The predicted molar refractivity (Wildman–Crippen MR) is 73.8 cm³/mol.